The number of aromatic amines is 1. The van der Waals surface area contributed by atoms with Crippen molar-refractivity contribution in [3.63, 3.8) is 0 Å². The summed E-state index contributed by atoms with van der Waals surface area (Å²) in [7, 11) is 0. The van der Waals surface area contributed by atoms with Gasteiger partial charge in [0.15, 0.2) is 0 Å². The van der Waals surface area contributed by atoms with Gasteiger partial charge in [0.25, 0.3) is 0 Å². The quantitative estimate of drug-likeness (QED) is 0.579. The molecule has 0 saturated carbocycles. The molecule has 0 fully saturated rings. The van der Waals surface area contributed by atoms with E-state index in [2.05, 4.69) is 26.3 Å². The molecule has 4 rings (SSSR count). The largest absolute Gasteiger partial charge is 0.346 e. The molecule has 0 aliphatic carbocycles. The SMILES string of the molecule is N#Cc1cnc2[nH]cc(Cc3ccc(Nc4ccccc4F)nc3)c2c1. The number of nitrogens with one attached hydrogen (secondary N) is 2. The third-order valence-electron chi connectivity index (χ3n) is 4.10. The van der Waals surface area contributed by atoms with Gasteiger partial charge in [0.2, 0.25) is 0 Å². The van der Waals surface area contributed by atoms with Crippen molar-refractivity contribution >= 4 is 22.5 Å². The first-order valence-corrected chi connectivity index (χ1v) is 8.05. The molecule has 3 heterocycles. The minimum atomic E-state index is -0.321. The summed E-state index contributed by atoms with van der Waals surface area (Å²) in [4.78, 5) is 11.7. The van der Waals surface area contributed by atoms with E-state index in [1.54, 1.807) is 30.6 Å². The van der Waals surface area contributed by atoms with Crippen molar-refractivity contribution < 1.29 is 4.39 Å². The highest BCUT2D eigenvalue weighted by Gasteiger charge is 2.08. The van der Waals surface area contributed by atoms with Crippen LogP contribution in [0.2, 0.25) is 0 Å². The van der Waals surface area contributed by atoms with Gasteiger partial charge in [-0.2, -0.15) is 5.26 Å². The Labute approximate surface area is 149 Å². The van der Waals surface area contributed by atoms with E-state index in [0.29, 0.717) is 23.5 Å². The molecule has 0 bridgehead atoms. The van der Waals surface area contributed by atoms with Crippen LogP contribution in [0.3, 0.4) is 0 Å². The van der Waals surface area contributed by atoms with Crippen molar-refractivity contribution in [3.05, 3.63) is 83.6 Å². The molecule has 0 aliphatic rings. The fourth-order valence-corrected chi connectivity index (χ4v) is 2.79. The fraction of sp³-hybridized carbons (Fsp3) is 0.0500. The van der Waals surface area contributed by atoms with E-state index < -0.39 is 0 Å². The lowest BCUT2D eigenvalue weighted by molar-refractivity contribution is 0.632. The van der Waals surface area contributed by atoms with Crippen molar-refractivity contribution in [2.45, 2.75) is 6.42 Å². The highest BCUT2D eigenvalue weighted by Crippen LogP contribution is 2.22. The second-order valence-electron chi connectivity index (χ2n) is 5.88. The molecule has 2 N–H and O–H groups in total. The molecule has 0 radical (unpaired) electrons. The topological polar surface area (TPSA) is 77.4 Å². The Hall–Kier alpha value is -3.72. The molecule has 1 aromatic carbocycles. The van der Waals surface area contributed by atoms with E-state index in [-0.39, 0.29) is 5.82 Å². The molecule has 0 amide bonds. The van der Waals surface area contributed by atoms with E-state index in [1.807, 2.05) is 24.4 Å². The molecule has 3 aromatic heterocycles. The predicted octanol–water partition coefficient (Wildman–Crippen LogP) is 4.30. The van der Waals surface area contributed by atoms with Crippen molar-refractivity contribution in [3.8, 4) is 6.07 Å². The third-order valence-corrected chi connectivity index (χ3v) is 4.10. The normalized spacial score (nSPS) is 10.6. The average molecular weight is 343 g/mol. The second kappa shape index (κ2) is 6.65. The highest BCUT2D eigenvalue weighted by atomic mass is 19.1. The Morgan fingerprint density at radius 2 is 2.00 bits per heavy atom. The fourth-order valence-electron chi connectivity index (χ4n) is 2.79. The van der Waals surface area contributed by atoms with Gasteiger partial charge in [0.05, 0.1) is 11.3 Å². The van der Waals surface area contributed by atoms with Crippen LogP contribution in [0.25, 0.3) is 11.0 Å². The Morgan fingerprint density at radius 1 is 1.12 bits per heavy atom. The maximum absolute atomic E-state index is 13.7. The van der Waals surface area contributed by atoms with Crippen molar-refractivity contribution in [2.75, 3.05) is 5.32 Å². The number of H-pyrrole nitrogens is 1. The Balaban J connectivity index is 1.55. The number of hydrogen-bond acceptors (Lipinski definition) is 4. The zero-order valence-electron chi connectivity index (χ0n) is 13.7. The van der Waals surface area contributed by atoms with Crippen LogP contribution in [0.1, 0.15) is 16.7 Å². The summed E-state index contributed by atoms with van der Waals surface area (Å²) in [6, 6.07) is 14.2. The van der Waals surface area contributed by atoms with Crippen LogP contribution in [0.5, 0.6) is 0 Å². The number of para-hydroxylation sites is 1. The first-order valence-electron chi connectivity index (χ1n) is 8.05. The molecule has 5 nitrogen and oxygen atoms in total. The van der Waals surface area contributed by atoms with Gasteiger partial charge in [-0.1, -0.05) is 18.2 Å². The van der Waals surface area contributed by atoms with E-state index in [0.717, 1.165) is 22.2 Å². The second-order valence-corrected chi connectivity index (χ2v) is 5.88. The molecule has 0 aliphatic heterocycles. The highest BCUT2D eigenvalue weighted by molar-refractivity contribution is 5.81. The summed E-state index contributed by atoms with van der Waals surface area (Å²) in [6.07, 6.45) is 5.85. The Bertz CT molecular complexity index is 1110. The summed E-state index contributed by atoms with van der Waals surface area (Å²) < 4.78 is 13.7. The molecule has 0 unspecified atom stereocenters. The average Bonchev–Trinajstić information content (AvgIpc) is 3.07. The summed E-state index contributed by atoms with van der Waals surface area (Å²) in [5.74, 6) is 0.254. The monoisotopic (exact) mass is 343 g/mol. The van der Waals surface area contributed by atoms with Crippen LogP contribution in [0.4, 0.5) is 15.9 Å². The van der Waals surface area contributed by atoms with Gasteiger partial charge in [-0.15, -0.1) is 0 Å². The number of nitriles is 1. The van der Waals surface area contributed by atoms with Gasteiger partial charge in [0, 0.05) is 30.4 Å². The minimum absolute atomic E-state index is 0.321. The van der Waals surface area contributed by atoms with Crippen LogP contribution in [0.15, 0.2) is 61.1 Å². The first kappa shape index (κ1) is 15.8. The van der Waals surface area contributed by atoms with E-state index >= 15 is 0 Å². The Kier molecular flexibility index (Phi) is 4.04. The molecule has 6 heteroatoms. The smallest absolute Gasteiger partial charge is 0.146 e. The lowest BCUT2D eigenvalue weighted by Gasteiger charge is -2.07. The zero-order valence-corrected chi connectivity index (χ0v) is 13.7. The summed E-state index contributed by atoms with van der Waals surface area (Å²) in [5.41, 5.74) is 3.72. The number of pyridine rings is 2. The number of benzene rings is 1. The number of nitrogens with zero attached hydrogens (tertiary/aromatic N) is 3. The van der Waals surface area contributed by atoms with Gasteiger partial charge in [-0.3, -0.25) is 0 Å². The maximum atomic E-state index is 13.7. The van der Waals surface area contributed by atoms with Gasteiger partial charge in [-0.05, 0) is 35.4 Å². The van der Waals surface area contributed by atoms with Crippen molar-refractivity contribution in [1.29, 1.82) is 5.26 Å². The molecule has 126 valence electrons. The number of halogens is 1. The van der Waals surface area contributed by atoms with Crippen LogP contribution in [-0.4, -0.2) is 15.0 Å². The van der Waals surface area contributed by atoms with Crippen LogP contribution >= 0.6 is 0 Å². The van der Waals surface area contributed by atoms with Gasteiger partial charge in [-0.25, -0.2) is 14.4 Å². The number of hydrogen-bond donors (Lipinski definition) is 2. The van der Waals surface area contributed by atoms with Crippen LogP contribution in [0, 0.1) is 17.1 Å². The molecule has 26 heavy (non-hydrogen) atoms. The lowest BCUT2D eigenvalue weighted by Crippen LogP contribution is -1.97. The van der Waals surface area contributed by atoms with Gasteiger partial charge >= 0.3 is 0 Å². The number of fused-ring (bicyclic) bond motifs is 1. The number of rotatable bonds is 4. The standard InChI is InChI=1S/C20H14FN5/c21-17-3-1-2-4-18(17)26-19-6-5-13(10-23-19)7-15-12-25-20-16(15)8-14(9-22)11-24-20/h1-6,8,10-12H,7H2,(H,23,26)(H,24,25). The van der Waals surface area contributed by atoms with Crippen LogP contribution in [-0.2, 0) is 6.42 Å². The van der Waals surface area contributed by atoms with Crippen molar-refractivity contribution in [1.82, 2.24) is 15.0 Å². The maximum Gasteiger partial charge on any atom is 0.146 e. The predicted molar refractivity (Wildman–Crippen MR) is 97.5 cm³/mol. The zero-order chi connectivity index (χ0) is 17.9. The molecule has 0 saturated heterocycles. The molecular formula is C20H14FN5. The summed E-state index contributed by atoms with van der Waals surface area (Å²) in [5, 5.41) is 12.9. The first-order chi connectivity index (χ1) is 12.7. The summed E-state index contributed by atoms with van der Waals surface area (Å²) >= 11 is 0. The van der Waals surface area contributed by atoms with E-state index in [4.69, 9.17) is 5.26 Å². The number of anilines is 2. The summed E-state index contributed by atoms with van der Waals surface area (Å²) in [6.45, 7) is 0. The molecule has 0 atom stereocenters. The molecule has 0 spiro atoms. The van der Waals surface area contributed by atoms with Gasteiger partial charge < -0.3 is 10.3 Å². The minimum Gasteiger partial charge on any atom is -0.346 e. The lowest BCUT2D eigenvalue weighted by atomic mass is 10.1. The van der Waals surface area contributed by atoms with Crippen molar-refractivity contribution in [2.24, 2.45) is 0 Å². The number of aromatic nitrogens is 3. The van der Waals surface area contributed by atoms with E-state index in [9.17, 15) is 4.39 Å². The molecule has 4 aromatic rings. The Morgan fingerprint density at radius 3 is 2.77 bits per heavy atom. The van der Waals surface area contributed by atoms with Gasteiger partial charge in [0.1, 0.15) is 23.4 Å². The van der Waals surface area contributed by atoms with E-state index in [1.165, 1.54) is 6.07 Å². The third kappa shape index (κ3) is 3.10. The molecular weight excluding hydrogens is 329 g/mol. The van der Waals surface area contributed by atoms with Crippen LogP contribution < -0.4 is 5.32 Å².